The molecule has 0 aromatic carbocycles. The van der Waals surface area contributed by atoms with Crippen molar-refractivity contribution >= 4 is 26.8 Å². The number of rotatable bonds is 5. The standard InChI is InChI=1S/C10H15BrN2O2/c1-2-9(11)12-13(6-7-14)10-5-3-4-8-15-10/h2,7,10H,1,3-6,8H2/b12-9+. The SMILES string of the molecule is C=C/C(Br)=N\N(CC=O)C1CCCCO1. The normalized spacial score (nSPS) is 22.2. The summed E-state index contributed by atoms with van der Waals surface area (Å²) in [5.41, 5.74) is 0. The van der Waals surface area contributed by atoms with Crippen LogP contribution in [0.3, 0.4) is 0 Å². The summed E-state index contributed by atoms with van der Waals surface area (Å²) in [6.45, 7) is 4.57. The quantitative estimate of drug-likeness (QED) is 0.437. The Morgan fingerprint density at radius 3 is 3.00 bits per heavy atom. The van der Waals surface area contributed by atoms with Crippen molar-refractivity contribution in [2.24, 2.45) is 5.10 Å². The van der Waals surface area contributed by atoms with E-state index in [9.17, 15) is 4.79 Å². The van der Waals surface area contributed by atoms with E-state index in [1.165, 1.54) is 0 Å². The van der Waals surface area contributed by atoms with E-state index < -0.39 is 0 Å². The third kappa shape index (κ3) is 4.13. The number of ether oxygens (including phenoxy) is 1. The van der Waals surface area contributed by atoms with Gasteiger partial charge in [0.05, 0.1) is 6.54 Å². The molecule has 0 aromatic rings. The van der Waals surface area contributed by atoms with Crippen LogP contribution in [0.5, 0.6) is 0 Å². The predicted molar refractivity (Wildman–Crippen MR) is 62.9 cm³/mol. The summed E-state index contributed by atoms with van der Waals surface area (Å²) in [7, 11) is 0. The fraction of sp³-hybridized carbons (Fsp3) is 0.600. The molecule has 0 aliphatic carbocycles. The predicted octanol–water partition coefficient (Wildman–Crippen LogP) is 1.91. The van der Waals surface area contributed by atoms with Gasteiger partial charge in [0.1, 0.15) is 17.1 Å². The van der Waals surface area contributed by atoms with Gasteiger partial charge in [-0.25, -0.2) is 0 Å². The van der Waals surface area contributed by atoms with Gasteiger partial charge in [-0.05, 0) is 41.3 Å². The zero-order chi connectivity index (χ0) is 11.1. The Morgan fingerprint density at radius 2 is 2.47 bits per heavy atom. The maximum atomic E-state index is 10.5. The number of hydrogen-bond acceptors (Lipinski definition) is 4. The molecule has 5 heteroatoms. The van der Waals surface area contributed by atoms with Crippen molar-refractivity contribution in [2.75, 3.05) is 13.2 Å². The van der Waals surface area contributed by atoms with Crippen LogP contribution < -0.4 is 0 Å². The molecule has 0 aromatic heterocycles. The van der Waals surface area contributed by atoms with Crippen molar-refractivity contribution in [1.82, 2.24) is 5.01 Å². The third-order valence-corrected chi connectivity index (χ3v) is 2.62. The van der Waals surface area contributed by atoms with Crippen molar-refractivity contribution in [1.29, 1.82) is 0 Å². The zero-order valence-electron chi connectivity index (χ0n) is 8.56. The summed E-state index contributed by atoms with van der Waals surface area (Å²) in [5, 5.41) is 5.85. The molecule has 0 bridgehead atoms. The second-order valence-electron chi connectivity index (χ2n) is 3.24. The van der Waals surface area contributed by atoms with E-state index in [4.69, 9.17) is 4.74 Å². The van der Waals surface area contributed by atoms with E-state index in [1.54, 1.807) is 11.1 Å². The first-order valence-corrected chi connectivity index (χ1v) is 5.75. The molecule has 1 rings (SSSR count). The molecule has 1 heterocycles. The molecule has 4 nitrogen and oxygen atoms in total. The first-order valence-electron chi connectivity index (χ1n) is 4.96. The second kappa shape index (κ2) is 6.74. The van der Waals surface area contributed by atoms with Crippen molar-refractivity contribution in [3.63, 3.8) is 0 Å². The Morgan fingerprint density at radius 1 is 1.67 bits per heavy atom. The summed E-state index contributed by atoms with van der Waals surface area (Å²) in [6.07, 6.45) is 5.43. The van der Waals surface area contributed by atoms with Crippen molar-refractivity contribution in [3.05, 3.63) is 12.7 Å². The van der Waals surface area contributed by atoms with Gasteiger partial charge in [-0.3, -0.25) is 5.01 Å². The van der Waals surface area contributed by atoms with E-state index in [1.807, 2.05) is 0 Å². The van der Waals surface area contributed by atoms with Crippen molar-refractivity contribution in [2.45, 2.75) is 25.5 Å². The molecule has 0 saturated carbocycles. The van der Waals surface area contributed by atoms with Gasteiger partial charge in [-0.1, -0.05) is 6.58 Å². The minimum absolute atomic E-state index is 0.0866. The molecule has 1 unspecified atom stereocenters. The molecule has 0 radical (unpaired) electrons. The molecular formula is C10H15BrN2O2. The van der Waals surface area contributed by atoms with E-state index in [0.717, 1.165) is 32.2 Å². The zero-order valence-corrected chi connectivity index (χ0v) is 10.1. The highest BCUT2D eigenvalue weighted by atomic mass is 79.9. The van der Waals surface area contributed by atoms with Crippen LogP contribution in [0.1, 0.15) is 19.3 Å². The fourth-order valence-electron chi connectivity index (χ4n) is 1.42. The molecule has 0 amide bonds. The van der Waals surface area contributed by atoms with E-state index in [2.05, 4.69) is 27.6 Å². The first-order chi connectivity index (χ1) is 7.27. The lowest BCUT2D eigenvalue weighted by atomic mass is 10.2. The lowest BCUT2D eigenvalue weighted by Crippen LogP contribution is -2.37. The van der Waals surface area contributed by atoms with Gasteiger partial charge in [0.25, 0.3) is 0 Å². The number of hydrogen-bond donors (Lipinski definition) is 0. The average Bonchev–Trinajstić information content (AvgIpc) is 2.29. The van der Waals surface area contributed by atoms with E-state index in [-0.39, 0.29) is 12.8 Å². The average molecular weight is 275 g/mol. The fourth-order valence-corrected chi connectivity index (χ4v) is 1.63. The van der Waals surface area contributed by atoms with Crippen molar-refractivity contribution in [3.8, 4) is 0 Å². The highest BCUT2D eigenvalue weighted by Crippen LogP contribution is 2.17. The number of aldehydes is 1. The van der Waals surface area contributed by atoms with Gasteiger partial charge < -0.3 is 9.53 Å². The minimum Gasteiger partial charge on any atom is -0.357 e. The summed E-state index contributed by atoms with van der Waals surface area (Å²) >= 11 is 3.23. The highest BCUT2D eigenvalue weighted by molar-refractivity contribution is 9.18. The Hall–Kier alpha value is -0.680. The Labute approximate surface area is 98.1 Å². The van der Waals surface area contributed by atoms with Gasteiger partial charge in [0, 0.05) is 6.61 Å². The Kier molecular flexibility index (Phi) is 5.57. The molecule has 0 N–H and O–H groups in total. The minimum atomic E-state index is -0.0866. The molecular weight excluding hydrogens is 260 g/mol. The summed E-state index contributed by atoms with van der Waals surface area (Å²) in [4.78, 5) is 10.5. The lowest BCUT2D eigenvalue weighted by molar-refractivity contribution is -0.117. The first kappa shape index (κ1) is 12.4. The van der Waals surface area contributed by atoms with Gasteiger partial charge in [0.2, 0.25) is 0 Å². The molecule has 15 heavy (non-hydrogen) atoms. The van der Waals surface area contributed by atoms with E-state index in [0.29, 0.717) is 4.62 Å². The Bertz CT molecular complexity index is 250. The van der Waals surface area contributed by atoms with Gasteiger partial charge in [-0.15, -0.1) is 0 Å². The maximum Gasteiger partial charge on any atom is 0.146 e. The van der Waals surface area contributed by atoms with Gasteiger partial charge >= 0.3 is 0 Å². The van der Waals surface area contributed by atoms with Crippen LogP contribution in [-0.4, -0.2) is 35.3 Å². The largest absolute Gasteiger partial charge is 0.357 e. The second-order valence-corrected chi connectivity index (χ2v) is 4.05. The van der Waals surface area contributed by atoms with Crippen LogP contribution in [0.2, 0.25) is 0 Å². The number of carbonyl (C=O) groups is 1. The number of allylic oxidation sites excluding steroid dienone is 1. The third-order valence-electron chi connectivity index (χ3n) is 2.14. The van der Waals surface area contributed by atoms with Crippen LogP contribution in [0.4, 0.5) is 0 Å². The van der Waals surface area contributed by atoms with Crippen molar-refractivity contribution < 1.29 is 9.53 Å². The summed E-state index contributed by atoms with van der Waals surface area (Å²) < 4.78 is 6.15. The van der Waals surface area contributed by atoms with Crippen LogP contribution >= 0.6 is 15.9 Å². The number of nitrogens with zero attached hydrogens (tertiary/aromatic N) is 2. The monoisotopic (exact) mass is 274 g/mol. The smallest absolute Gasteiger partial charge is 0.146 e. The molecule has 1 aliphatic rings. The van der Waals surface area contributed by atoms with Gasteiger partial charge in [0.15, 0.2) is 0 Å². The topological polar surface area (TPSA) is 41.9 Å². The lowest BCUT2D eigenvalue weighted by Gasteiger charge is -2.30. The van der Waals surface area contributed by atoms with Crippen LogP contribution in [0.25, 0.3) is 0 Å². The Balaban J connectivity index is 2.62. The number of halogens is 1. The molecule has 1 atom stereocenters. The molecule has 84 valence electrons. The summed E-state index contributed by atoms with van der Waals surface area (Å²) in [5.74, 6) is 0. The molecule has 1 fully saturated rings. The number of hydrazone groups is 1. The molecule has 1 aliphatic heterocycles. The maximum absolute atomic E-state index is 10.5. The molecule has 0 spiro atoms. The van der Waals surface area contributed by atoms with Gasteiger partial charge in [-0.2, -0.15) is 5.10 Å². The molecule has 1 saturated heterocycles. The van der Waals surface area contributed by atoms with E-state index >= 15 is 0 Å². The van der Waals surface area contributed by atoms with Crippen LogP contribution in [0.15, 0.2) is 17.8 Å². The van der Waals surface area contributed by atoms with Crippen LogP contribution in [-0.2, 0) is 9.53 Å². The number of carbonyl (C=O) groups excluding carboxylic acids is 1. The summed E-state index contributed by atoms with van der Waals surface area (Å²) in [6, 6.07) is 0. The van der Waals surface area contributed by atoms with Crippen LogP contribution in [0, 0.1) is 0 Å². The highest BCUT2D eigenvalue weighted by Gasteiger charge is 2.20.